The van der Waals surface area contributed by atoms with E-state index < -0.39 is 0 Å². The molecule has 3 heterocycles. The van der Waals surface area contributed by atoms with Crippen LogP contribution in [0.15, 0.2) is 24.5 Å². The van der Waals surface area contributed by atoms with Gasteiger partial charge in [-0.2, -0.15) is 11.8 Å². The minimum atomic E-state index is 0.641. The Morgan fingerprint density at radius 3 is 2.88 bits per heavy atom. The highest BCUT2D eigenvalue weighted by atomic mass is 32.2. The van der Waals surface area contributed by atoms with Crippen LogP contribution in [0, 0.1) is 0 Å². The Balaban J connectivity index is 1.95. The van der Waals surface area contributed by atoms with E-state index in [-0.39, 0.29) is 0 Å². The van der Waals surface area contributed by atoms with Gasteiger partial charge in [-0.15, -0.1) is 0 Å². The second-order valence-corrected chi connectivity index (χ2v) is 5.61. The molecule has 0 saturated carbocycles. The standard InChI is InChI=1S/C13H16N2OS/c1-16-11-2-3-13-14-12(9-15(13)8-11)10-4-6-17-7-5-10/h2-3,8-10H,4-7H2,1H3. The van der Waals surface area contributed by atoms with Gasteiger partial charge in [-0.1, -0.05) is 0 Å². The highest BCUT2D eigenvalue weighted by molar-refractivity contribution is 7.99. The lowest BCUT2D eigenvalue weighted by atomic mass is 10.00. The summed E-state index contributed by atoms with van der Waals surface area (Å²) in [6.45, 7) is 0. The summed E-state index contributed by atoms with van der Waals surface area (Å²) in [6, 6.07) is 3.97. The molecule has 2 aromatic heterocycles. The van der Waals surface area contributed by atoms with E-state index in [1.54, 1.807) is 7.11 Å². The lowest BCUT2D eigenvalue weighted by molar-refractivity contribution is 0.412. The van der Waals surface area contributed by atoms with E-state index >= 15 is 0 Å². The summed E-state index contributed by atoms with van der Waals surface area (Å²) in [7, 11) is 1.69. The van der Waals surface area contributed by atoms with Crippen LogP contribution in [0.5, 0.6) is 5.75 Å². The largest absolute Gasteiger partial charge is 0.495 e. The maximum absolute atomic E-state index is 5.23. The molecule has 1 saturated heterocycles. The van der Waals surface area contributed by atoms with E-state index in [2.05, 4.69) is 22.4 Å². The van der Waals surface area contributed by atoms with Crippen molar-refractivity contribution in [3.05, 3.63) is 30.2 Å². The molecule has 1 aliphatic heterocycles. The molecular weight excluding hydrogens is 232 g/mol. The van der Waals surface area contributed by atoms with Crippen molar-refractivity contribution in [2.75, 3.05) is 18.6 Å². The van der Waals surface area contributed by atoms with Crippen molar-refractivity contribution in [1.29, 1.82) is 0 Å². The number of pyridine rings is 1. The number of imidazole rings is 1. The van der Waals surface area contributed by atoms with Gasteiger partial charge in [0.2, 0.25) is 0 Å². The molecule has 0 aliphatic carbocycles. The topological polar surface area (TPSA) is 26.5 Å². The minimum absolute atomic E-state index is 0.641. The molecule has 1 aliphatic rings. The van der Waals surface area contributed by atoms with Gasteiger partial charge in [0.15, 0.2) is 0 Å². The number of hydrogen-bond donors (Lipinski definition) is 0. The van der Waals surface area contributed by atoms with Crippen molar-refractivity contribution in [3.63, 3.8) is 0 Å². The molecule has 0 N–H and O–H groups in total. The van der Waals surface area contributed by atoms with Crippen LogP contribution in [0.1, 0.15) is 24.5 Å². The van der Waals surface area contributed by atoms with Crippen molar-refractivity contribution >= 4 is 17.4 Å². The van der Waals surface area contributed by atoms with Crippen LogP contribution in [0.3, 0.4) is 0 Å². The van der Waals surface area contributed by atoms with Crippen LogP contribution >= 0.6 is 11.8 Å². The highest BCUT2D eigenvalue weighted by Gasteiger charge is 2.18. The molecular formula is C13H16N2OS. The third kappa shape index (κ3) is 2.14. The predicted octanol–water partition coefficient (Wildman–Crippen LogP) is 2.95. The summed E-state index contributed by atoms with van der Waals surface area (Å²) in [6.07, 6.45) is 6.65. The van der Waals surface area contributed by atoms with E-state index in [9.17, 15) is 0 Å². The van der Waals surface area contributed by atoms with Crippen molar-refractivity contribution in [3.8, 4) is 5.75 Å². The number of rotatable bonds is 2. The fourth-order valence-corrected chi connectivity index (χ4v) is 3.41. The second kappa shape index (κ2) is 4.61. The zero-order valence-electron chi connectivity index (χ0n) is 9.93. The van der Waals surface area contributed by atoms with Gasteiger partial charge in [0.25, 0.3) is 0 Å². The van der Waals surface area contributed by atoms with Gasteiger partial charge in [-0.3, -0.25) is 0 Å². The third-order valence-electron chi connectivity index (χ3n) is 3.32. The lowest BCUT2D eigenvalue weighted by Gasteiger charge is -2.18. The summed E-state index contributed by atoms with van der Waals surface area (Å²) in [5.41, 5.74) is 2.25. The lowest BCUT2D eigenvalue weighted by Crippen LogP contribution is -2.07. The fraction of sp³-hybridized carbons (Fsp3) is 0.462. The predicted molar refractivity (Wildman–Crippen MR) is 71.0 cm³/mol. The zero-order valence-corrected chi connectivity index (χ0v) is 10.7. The van der Waals surface area contributed by atoms with Gasteiger partial charge < -0.3 is 9.14 Å². The van der Waals surface area contributed by atoms with Crippen LogP contribution in [0.2, 0.25) is 0 Å². The van der Waals surface area contributed by atoms with Gasteiger partial charge in [-0.05, 0) is 36.5 Å². The Hall–Kier alpha value is -1.16. The summed E-state index contributed by atoms with van der Waals surface area (Å²) < 4.78 is 7.29. The first-order chi connectivity index (χ1) is 8.36. The molecule has 17 heavy (non-hydrogen) atoms. The molecule has 3 rings (SSSR count). The first-order valence-corrected chi connectivity index (χ1v) is 7.12. The van der Waals surface area contributed by atoms with Gasteiger partial charge in [0.05, 0.1) is 19.0 Å². The molecule has 0 aromatic carbocycles. The van der Waals surface area contributed by atoms with E-state index in [0.717, 1.165) is 11.4 Å². The first kappa shape index (κ1) is 11.0. The quantitative estimate of drug-likeness (QED) is 0.817. The Bertz CT molecular complexity index is 517. The summed E-state index contributed by atoms with van der Waals surface area (Å²) in [4.78, 5) is 4.71. The summed E-state index contributed by atoms with van der Waals surface area (Å²) >= 11 is 2.05. The molecule has 0 radical (unpaired) electrons. The number of nitrogens with zero attached hydrogens (tertiary/aromatic N) is 2. The molecule has 2 aromatic rings. The fourth-order valence-electron chi connectivity index (χ4n) is 2.30. The number of methoxy groups -OCH3 is 1. The molecule has 0 atom stereocenters. The molecule has 0 unspecified atom stereocenters. The SMILES string of the molecule is COc1ccc2nc(C3CCSCC3)cn2c1. The summed E-state index contributed by atoms with van der Waals surface area (Å²) in [5, 5.41) is 0. The third-order valence-corrected chi connectivity index (χ3v) is 4.37. The summed E-state index contributed by atoms with van der Waals surface area (Å²) in [5.74, 6) is 4.05. The Labute approximate surface area is 105 Å². The van der Waals surface area contributed by atoms with Gasteiger partial charge in [0, 0.05) is 12.1 Å². The van der Waals surface area contributed by atoms with Gasteiger partial charge in [0.1, 0.15) is 11.4 Å². The van der Waals surface area contributed by atoms with E-state index in [4.69, 9.17) is 9.72 Å². The number of aromatic nitrogens is 2. The second-order valence-electron chi connectivity index (χ2n) is 4.39. The Morgan fingerprint density at radius 2 is 2.12 bits per heavy atom. The minimum Gasteiger partial charge on any atom is -0.495 e. The van der Waals surface area contributed by atoms with Crippen LogP contribution in [-0.2, 0) is 0 Å². The van der Waals surface area contributed by atoms with Crippen molar-refractivity contribution in [2.45, 2.75) is 18.8 Å². The maximum atomic E-state index is 5.23. The number of fused-ring (bicyclic) bond motifs is 1. The molecule has 0 bridgehead atoms. The Morgan fingerprint density at radius 1 is 1.29 bits per heavy atom. The zero-order chi connectivity index (χ0) is 11.7. The van der Waals surface area contributed by atoms with E-state index in [1.807, 2.05) is 18.3 Å². The van der Waals surface area contributed by atoms with E-state index in [1.165, 1.54) is 30.0 Å². The number of hydrogen-bond acceptors (Lipinski definition) is 3. The molecule has 4 heteroatoms. The van der Waals surface area contributed by atoms with Crippen molar-refractivity contribution in [2.24, 2.45) is 0 Å². The van der Waals surface area contributed by atoms with Gasteiger partial charge in [-0.25, -0.2) is 4.98 Å². The normalized spacial score (nSPS) is 17.5. The maximum Gasteiger partial charge on any atom is 0.137 e. The smallest absolute Gasteiger partial charge is 0.137 e. The molecule has 3 nitrogen and oxygen atoms in total. The molecule has 1 fully saturated rings. The van der Waals surface area contributed by atoms with Crippen LogP contribution in [0.25, 0.3) is 5.65 Å². The number of ether oxygens (including phenoxy) is 1. The molecule has 90 valence electrons. The molecule has 0 spiro atoms. The average Bonchev–Trinajstić information content (AvgIpc) is 2.82. The Kier molecular flexibility index (Phi) is 2.97. The van der Waals surface area contributed by atoms with Gasteiger partial charge >= 0.3 is 0 Å². The van der Waals surface area contributed by atoms with Crippen LogP contribution < -0.4 is 4.74 Å². The van der Waals surface area contributed by atoms with E-state index in [0.29, 0.717) is 5.92 Å². The number of thioether (sulfide) groups is 1. The first-order valence-electron chi connectivity index (χ1n) is 5.97. The highest BCUT2D eigenvalue weighted by Crippen LogP contribution is 2.31. The molecule has 0 amide bonds. The van der Waals surface area contributed by atoms with Crippen molar-refractivity contribution < 1.29 is 4.74 Å². The van der Waals surface area contributed by atoms with Crippen molar-refractivity contribution in [1.82, 2.24) is 9.38 Å². The van der Waals surface area contributed by atoms with Crippen LogP contribution in [-0.4, -0.2) is 28.0 Å². The van der Waals surface area contributed by atoms with Crippen LogP contribution in [0.4, 0.5) is 0 Å². The average molecular weight is 248 g/mol. The monoisotopic (exact) mass is 248 g/mol.